The average molecular weight is 219 g/mol. The Morgan fingerprint density at radius 2 is 2.19 bits per heavy atom. The molecule has 3 rings (SSSR count). The first kappa shape index (κ1) is 9.85. The van der Waals surface area contributed by atoms with Crippen molar-refractivity contribution >= 4 is 10.9 Å². The summed E-state index contributed by atoms with van der Waals surface area (Å²) in [5, 5.41) is 10.9. The molecule has 1 heterocycles. The number of aromatic amines is 1. The van der Waals surface area contributed by atoms with Gasteiger partial charge in [-0.3, -0.25) is 0 Å². The molecule has 1 atom stereocenters. The maximum atomic E-state index is 13.2. The fourth-order valence-electron chi connectivity index (χ4n) is 2.60. The van der Waals surface area contributed by atoms with Crippen LogP contribution in [0.1, 0.15) is 36.6 Å². The Morgan fingerprint density at radius 1 is 1.31 bits per heavy atom. The van der Waals surface area contributed by atoms with Gasteiger partial charge < -0.3 is 10.1 Å². The van der Waals surface area contributed by atoms with Gasteiger partial charge in [-0.25, -0.2) is 4.39 Å². The highest BCUT2D eigenvalue weighted by molar-refractivity contribution is 5.85. The van der Waals surface area contributed by atoms with Gasteiger partial charge in [-0.1, -0.05) is 6.42 Å². The number of halogens is 1. The number of rotatable bonds is 0. The Balaban J connectivity index is 2.28. The van der Waals surface area contributed by atoms with Crippen molar-refractivity contribution in [2.75, 3.05) is 0 Å². The topological polar surface area (TPSA) is 36.0 Å². The molecule has 2 aromatic rings. The highest BCUT2D eigenvalue weighted by Crippen LogP contribution is 2.34. The number of aryl methyl sites for hydroxylation is 1. The van der Waals surface area contributed by atoms with Crippen LogP contribution in [-0.2, 0) is 6.42 Å². The molecule has 0 fully saturated rings. The number of H-pyrrole nitrogens is 1. The van der Waals surface area contributed by atoms with E-state index in [1.807, 2.05) is 0 Å². The van der Waals surface area contributed by atoms with Gasteiger partial charge in [0, 0.05) is 22.2 Å². The highest BCUT2D eigenvalue weighted by Gasteiger charge is 2.21. The van der Waals surface area contributed by atoms with Gasteiger partial charge in [-0.05, 0) is 37.5 Å². The van der Waals surface area contributed by atoms with Crippen LogP contribution in [0.2, 0.25) is 0 Å². The molecule has 0 spiro atoms. The lowest BCUT2D eigenvalue weighted by Crippen LogP contribution is -1.96. The van der Waals surface area contributed by atoms with Crippen LogP contribution in [0.15, 0.2) is 18.2 Å². The third-order valence-electron chi connectivity index (χ3n) is 3.37. The molecular formula is C13H14FNO. The number of hydrogen-bond donors (Lipinski definition) is 2. The lowest BCUT2D eigenvalue weighted by Gasteiger charge is -2.07. The van der Waals surface area contributed by atoms with Gasteiger partial charge in [0.2, 0.25) is 0 Å². The van der Waals surface area contributed by atoms with E-state index in [4.69, 9.17) is 0 Å². The Hall–Kier alpha value is -1.35. The number of nitrogens with one attached hydrogen (secondary N) is 1. The van der Waals surface area contributed by atoms with Crippen LogP contribution in [0, 0.1) is 5.82 Å². The molecule has 0 saturated carbocycles. The summed E-state index contributed by atoms with van der Waals surface area (Å²) < 4.78 is 13.2. The molecule has 0 aliphatic heterocycles. The van der Waals surface area contributed by atoms with E-state index < -0.39 is 6.10 Å². The van der Waals surface area contributed by atoms with Gasteiger partial charge in [0.15, 0.2) is 0 Å². The molecule has 3 heteroatoms. The Bertz CT molecular complexity index is 532. The van der Waals surface area contributed by atoms with E-state index in [-0.39, 0.29) is 5.82 Å². The van der Waals surface area contributed by atoms with Gasteiger partial charge >= 0.3 is 0 Å². The van der Waals surface area contributed by atoms with Gasteiger partial charge in [0.1, 0.15) is 5.82 Å². The third kappa shape index (κ3) is 1.43. The number of aliphatic hydroxyl groups is 1. The molecule has 1 aromatic heterocycles. The van der Waals surface area contributed by atoms with Gasteiger partial charge in [-0.15, -0.1) is 0 Å². The third-order valence-corrected chi connectivity index (χ3v) is 3.37. The average Bonchev–Trinajstić information content (AvgIpc) is 2.51. The first-order chi connectivity index (χ1) is 7.75. The molecule has 1 aromatic carbocycles. The molecule has 1 aliphatic rings. The van der Waals surface area contributed by atoms with E-state index in [0.29, 0.717) is 0 Å². The summed E-state index contributed by atoms with van der Waals surface area (Å²) in [5.41, 5.74) is 2.91. The van der Waals surface area contributed by atoms with Gasteiger partial charge in [0.05, 0.1) is 6.10 Å². The molecule has 0 bridgehead atoms. The second kappa shape index (κ2) is 3.59. The SMILES string of the molecule is OC1CCCCc2[nH]c3ccc(F)cc3c21. The van der Waals surface area contributed by atoms with Crippen LogP contribution < -0.4 is 0 Å². The summed E-state index contributed by atoms with van der Waals surface area (Å²) in [6, 6.07) is 4.70. The molecule has 2 nitrogen and oxygen atoms in total. The first-order valence-corrected chi connectivity index (χ1v) is 5.74. The molecule has 2 N–H and O–H groups in total. The number of fused-ring (bicyclic) bond motifs is 3. The Morgan fingerprint density at radius 3 is 3.06 bits per heavy atom. The number of aromatic nitrogens is 1. The number of hydrogen-bond acceptors (Lipinski definition) is 1. The van der Waals surface area contributed by atoms with Gasteiger partial charge in [-0.2, -0.15) is 0 Å². The van der Waals surface area contributed by atoms with Crippen molar-refractivity contribution in [2.24, 2.45) is 0 Å². The zero-order valence-electron chi connectivity index (χ0n) is 8.96. The fourth-order valence-corrected chi connectivity index (χ4v) is 2.60. The van der Waals surface area contributed by atoms with Crippen molar-refractivity contribution in [3.8, 4) is 0 Å². The summed E-state index contributed by atoms with van der Waals surface area (Å²) in [7, 11) is 0. The Kier molecular flexibility index (Phi) is 2.21. The predicted molar refractivity (Wildman–Crippen MR) is 60.8 cm³/mol. The maximum Gasteiger partial charge on any atom is 0.123 e. The quantitative estimate of drug-likeness (QED) is 0.656. The molecule has 84 valence electrons. The maximum absolute atomic E-state index is 13.2. The molecular weight excluding hydrogens is 205 g/mol. The molecule has 1 aliphatic carbocycles. The monoisotopic (exact) mass is 219 g/mol. The van der Waals surface area contributed by atoms with Crippen molar-refractivity contribution in [3.63, 3.8) is 0 Å². The van der Waals surface area contributed by atoms with E-state index in [0.717, 1.165) is 47.8 Å². The van der Waals surface area contributed by atoms with E-state index >= 15 is 0 Å². The molecule has 0 saturated heterocycles. The van der Waals surface area contributed by atoms with E-state index in [2.05, 4.69) is 4.98 Å². The predicted octanol–water partition coefficient (Wildman–Crippen LogP) is 3.07. The van der Waals surface area contributed by atoms with E-state index in [9.17, 15) is 9.50 Å². The number of aliphatic hydroxyl groups excluding tert-OH is 1. The highest BCUT2D eigenvalue weighted by atomic mass is 19.1. The van der Waals surface area contributed by atoms with E-state index in [1.165, 1.54) is 12.1 Å². The van der Waals surface area contributed by atoms with Crippen LogP contribution in [0.5, 0.6) is 0 Å². The van der Waals surface area contributed by atoms with Crippen LogP contribution in [0.3, 0.4) is 0 Å². The lowest BCUT2D eigenvalue weighted by molar-refractivity contribution is 0.168. The minimum atomic E-state index is -0.451. The van der Waals surface area contributed by atoms with Crippen molar-refractivity contribution in [3.05, 3.63) is 35.3 Å². The second-order valence-electron chi connectivity index (χ2n) is 4.47. The molecule has 1 unspecified atom stereocenters. The van der Waals surface area contributed by atoms with E-state index in [1.54, 1.807) is 6.07 Å². The van der Waals surface area contributed by atoms with Crippen LogP contribution in [-0.4, -0.2) is 10.1 Å². The van der Waals surface area contributed by atoms with Crippen molar-refractivity contribution in [1.29, 1.82) is 0 Å². The standard InChI is InChI=1S/C13H14FNO/c14-8-5-6-10-9(7-8)13-11(15-10)3-1-2-4-12(13)16/h5-7,12,15-16H,1-4H2. The summed E-state index contributed by atoms with van der Waals surface area (Å²) >= 11 is 0. The lowest BCUT2D eigenvalue weighted by atomic mass is 10.0. The zero-order chi connectivity index (χ0) is 11.1. The van der Waals surface area contributed by atoms with Crippen molar-refractivity contribution < 1.29 is 9.50 Å². The molecule has 16 heavy (non-hydrogen) atoms. The Labute approximate surface area is 93.1 Å². The fraction of sp³-hybridized carbons (Fsp3) is 0.385. The zero-order valence-corrected chi connectivity index (χ0v) is 8.96. The largest absolute Gasteiger partial charge is 0.388 e. The van der Waals surface area contributed by atoms with Crippen LogP contribution >= 0.6 is 0 Å². The minimum Gasteiger partial charge on any atom is -0.388 e. The summed E-state index contributed by atoms with van der Waals surface area (Å²) in [5.74, 6) is -0.245. The number of benzene rings is 1. The minimum absolute atomic E-state index is 0.245. The van der Waals surface area contributed by atoms with Gasteiger partial charge in [0.25, 0.3) is 0 Å². The van der Waals surface area contributed by atoms with Crippen LogP contribution in [0.25, 0.3) is 10.9 Å². The normalized spacial score (nSPS) is 20.8. The second-order valence-corrected chi connectivity index (χ2v) is 4.47. The summed E-state index contributed by atoms with van der Waals surface area (Å²) in [4.78, 5) is 3.29. The summed E-state index contributed by atoms with van der Waals surface area (Å²) in [6.07, 6.45) is 3.38. The molecule has 0 radical (unpaired) electrons. The molecule has 0 amide bonds. The van der Waals surface area contributed by atoms with Crippen molar-refractivity contribution in [2.45, 2.75) is 31.8 Å². The van der Waals surface area contributed by atoms with Crippen molar-refractivity contribution in [1.82, 2.24) is 4.98 Å². The first-order valence-electron chi connectivity index (χ1n) is 5.74. The smallest absolute Gasteiger partial charge is 0.123 e. The van der Waals surface area contributed by atoms with Crippen LogP contribution in [0.4, 0.5) is 4.39 Å². The summed E-state index contributed by atoms with van der Waals surface area (Å²) in [6.45, 7) is 0.